The van der Waals surface area contributed by atoms with E-state index in [1.165, 1.54) is 0 Å². The molecule has 1 aliphatic heterocycles. The number of benzene rings is 1. The molecule has 116 valence electrons. The van der Waals surface area contributed by atoms with Crippen molar-refractivity contribution in [3.05, 3.63) is 47.3 Å². The summed E-state index contributed by atoms with van der Waals surface area (Å²) in [4.78, 5) is 14.8. The largest absolute Gasteiger partial charge is 0.337 e. The van der Waals surface area contributed by atoms with Gasteiger partial charge in [0, 0.05) is 19.6 Å². The molecule has 5 heteroatoms. The molecule has 0 radical (unpaired) electrons. The molecule has 2 aromatic rings. The van der Waals surface area contributed by atoms with Gasteiger partial charge in [-0.2, -0.15) is 5.10 Å². The van der Waals surface area contributed by atoms with Crippen LogP contribution in [-0.4, -0.2) is 46.8 Å². The van der Waals surface area contributed by atoms with Crippen molar-refractivity contribution in [2.75, 3.05) is 26.2 Å². The maximum absolute atomic E-state index is 12.9. The number of rotatable bonds is 2. The highest BCUT2D eigenvalue weighted by Gasteiger charge is 2.24. The Bertz CT molecular complexity index is 655. The highest BCUT2D eigenvalue weighted by Crippen LogP contribution is 2.20. The number of hydrogen-bond donors (Lipinski definition) is 1. The number of aryl methyl sites for hydroxylation is 1. The van der Waals surface area contributed by atoms with E-state index in [4.69, 9.17) is 0 Å². The number of carbonyl (C=O) groups excluding carboxylic acids is 1. The van der Waals surface area contributed by atoms with Gasteiger partial charge in [0.1, 0.15) is 0 Å². The van der Waals surface area contributed by atoms with Crippen LogP contribution >= 0.6 is 0 Å². The normalized spacial score (nSPS) is 15.6. The van der Waals surface area contributed by atoms with Gasteiger partial charge >= 0.3 is 0 Å². The molecule has 22 heavy (non-hydrogen) atoms. The third kappa shape index (κ3) is 2.76. The van der Waals surface area contributed by atoms with Crippen molar-refractivity contribution in [3.8, 4) is 5.69 Å². The zero-order chi connectivity index (χ0) is 15.5. The predicted molar refractivity (Wildman–Crippen MR) is 86.4 cm³/mol. The Kier molecular flexibility index (Phi) is 4.24. The molecule has 0 unspecified atom stereocenters. The van der Waals surface area contributed by atoms with Crippen molar-refractivity contribution in [3.63, 3.8) is 0 Å². The zero-order valence-electron chi connectivity index (χ0n) is 13.2. The van der Waals surface area contributed by atoms with E-state index >= 15 is 0 Å². The van der Waals surface area contributed by atoms with Crippen LogP contribution in [0.25, 0.3) is 5.69 Å². The number of nitrogens with one attached hydrogen (secondary N) is 1. The van der Waals surface area contributed by atoms with Crippen molar-refractivity contribution in [1.29, 1.82) is 0 Å². The van der Waals surface area contributed by atoms with Crippen LogP contribution < -0.4 is 5.32 Å². The Morgan fingerprint density at radius 1 is 1.14 bits per heavy atom. The van der Waals surface area contributed by atoms with E-state index < -0.39 is 0 Å². The number of amides is 1. The Hall–Kier alpha value is -2.14. The van der Waals surface area contributed by atoms with Gasteiger partial charge in [0.2, 0.25) is 0 Å². The lowest BCUT2D eigenvalue weighted by atomic mass is 10.1. The van der Waals surface area contributed by atoms with Crippen molar-refractivity contribution >= 4 is 5.91 Å². The van der Waals surface area contributed by atoms with Gasteiger partial charge in [-0.3, -0.25) is 4.79 Å². The number of nitrogens with zero attached hydrogens (tertiary/aromatic N) is 3. The van der Waals surface area contributed by atoms with Crippen molar-refractivity contribution in [2.45, 2.75) is 20.3 Å². The fourth-order valence-corrected chi connectivity index (χ4v) is 2.98. The topological polar surface area (TPSA) is 50.2 Å². The second kappa shape index (κ2) is 6.32. The minimum atomic E-state index is 0.0980. The summed E-state index contributed by atoms with van der Waals surface area (Å²) >= 11 is 0. The first-order valence-corrected chi connectivity index (χ1v) is 7.80. The average molecular weight is 298 g/mol. The maximum Gasteiger partial charge on any atom is 0.257 e. The van der Waals surface area contributed by atoms with E-state index in [2.05, 4.69) is 10.4 Å². The van der Waals surface area contributed by atoms with Gasteiger partial charge in [0.25, 0.3) is 5.91 Å². The van der Waals surface area contributed by atoms with Gasteiger partial charge in [-0.15, -0.1) is 0 Å². The van der Waals surface area contributed by atoms with E-state index in [-0.39, 0.29) is 5.91 Å². The van der Waals surface area contributed by atoms with Crippen LogP contribution in [0.3, 0.4) is 0 Å². The fourth-order valence-electron chi connectivity index (χ4n) is 2.98. The summed E-state index contributed by atoms with van der Waals surface area (Å²) in [6.07, 6.45) is 0.997. The van der Waals surface area contributed by atoms with Crippen LogP contribution in [0.1, 0.15) is 28.2 Å². The quantitative estimate of drug-likeness (QED) is 0.921. The van der Waals surface area contributed by atoms with Crippen LogP contribution in [0, 0.1) is 13.8 Å². The van der Waals surface area contributed by atoms with Crippen molar-refractivity contribution in [2.24, 2.45) is 0 Å². The molecular formula is C17H22N4O. The Morgan fingerprint density at radius 3 is 2.68 bits per heavy atom. The molecule has 1 saturated heterocycles. The van der Waals surface area contributed by atoms with E-state index in [0.29, 0.717) is 0 Å². The standard InChI is InChI=1S/C17H22N4O/c1-13-16(17(22)20-11-6-9-18-10-12-20)14(2)21(19-13)15-7-4-3-5-8-15/h3-5,7-8,18H,6,9-12H2,1-2H3. The summed E-state index contributed by atoms with van der Waals surface area (Å²) in [6, 6.07) is 9.94. The van der Waals surface area contributed by atoms with Crippen LogP contribution in [0.5, 0.6) is 0 Å². The smallest absolute Gasteiger partial charge is 0.257 e. The highest BCUT2D eigenvalue weighted by atomic mass is 16.2. The molecule has 1 amide bonds. The SMILES string of the molecule is Cc1nn(-c2ccccc2)c(C)c1C(=O)N1CCCNCC1. The molecule has 1 fully saturated rings. The first-order valence-electron chi connectivity index (χ1n) is 7.80. The van der Waals surface area contributed by atoms with Crippen LogP contribution in [0.15, 0.2) is 30.3 Å². The number of para-hydroxylation sites is 1. The second-order valence-electron chi connectivity index (χ2n) is 5.69. The van der Waals surface area contributed by atoms with E-state index in [0.717, 1.165) is 55.2 Å². The number of carbonyl (C=O) groups is 1. The minimum absolute atomic E-state index is 0.0980. The summed E-state index contributed by atoms with van der Waals surface area (Å²) in [5.41, 5.74) is 3.43. The zero-order valence-corrected chi connectivity index (χ0v) is 13.2. The van der Waals surface area contributed by atoms with E-state index in [9.17, 15) is 4.79 Å². The average Bonchev–Trinajstić information content (AvgIpc) is 2.73. The summed E-state index contributed by atoms with van der Waals surface area (Å²) in [5, 5.41) is 7.90. The predicted octanol–water partition coefficient (Wildman–Crippen LogP) is 1.92. The maximum atomic E-state index is 12.9. The highest BCUT2D eigenvalue weighted by molar-refractivity contribution is 5.96. The Labute approximate surface area is 130 Å². The second-order valence-corrected chi connectivity index (χ2v) is 5.69. The summed E-state index contributed by atoms with van der Waals surface area (Å²) in [5.74, 6) is 0.0980. The molecule has 0 saturated carbocycles. The molecular weight excluding hydrogens is 276 g/mol. The van der Waals surface area contributed by atoms with Gasteiger partial charge in [0.15, 0.2) is 0 Å². The molecule has 5 nitrogen and oxygen atoms in total. The molecule has 1 aliphatic rings. The van der Waals surface area contributed by atoms with Crippen molar-refractivity contribution in [1.82, 2.24) is 20.0 Å². The van der Waals surface area contributed by atoms with Crippen LogP contribution in [0.4, 0.5) is 0 Å². The number of aromatic nitrogens is 2. The molecule has 0 atom stereocenters. The Morgan fingerprint density at radius 2 is 1.91 bits per heavy atom. The molecule has 3 rings (SSSR count). The lowest BCUT2D eigenvalue weighted by Crippen LogP contribution is -2.34. The summed E-state index contributed by atoms with van der Waals surface area (Å²) < 4.78 is 1.86. The van der Waals surface area contributed by atoms with Gasteiger partial charge < -0.3 is 10.2 Å². The van der Waals surface area contributed by atoms with Gasteiger partial charge in [-0.1, -0.05) is 18.2 Å². The molecule has 1 N–H and O–H groups in total. The number of hydrogen-bond acceptors (Lipinski definition) is 3. The monoisotopic (exact) mass is 298 g/mol. The van der Waals surface area contributed by atoms with Crippen molar-refractivity contribution < 1.29 is 4.79 Å². The van der Waals surface area contributed by atoms with Gasteiger partial charge in [-0.05, 0) is 38.9 Å². The first-order chi connectivity index (χ1) is 10.7. The fraction of sp³-hybridized carbons (Fsp3) is 0.412. The minimum Gasteiger partial charge on any atom is -0.337 e. The van der Waals surface area contributed by atoms with Crippen LogP contribution in [-0.2, 0) is 0 Å². The first kappa shape index (κ1) is 14.8. The van der Waals surface area contributed by atoms with E-state index in [1.54, 1.807) is 0 Å². The van der Waals surface area contributed by atoms with Crippen LogP contribution in [0.2, 0.25) is 0 Å². The molecule has 2 heterocycles. The molecule has 0 aliphatic carbocycles. The molecule has 1 aromatic carbocycles. The molecule has 0 bridgehead atoms. The lowest BCUT2D eigenvalue weighted by Gasteiger charge is -2.20. The molecule has 1 aromatic heterocycles. The summed E-state index contributed by atoms with van der Waals surface area (Å²) in [7, 11) is 0. The van der Waals surface area contributed by atoms with Gasteiger partial charge in [-0.25, -0.2) is 4.68 Å². The third-order valence-corrected chi connectivity index (χ3v) is 4.13. The summed E-state index contributed by atoms with van der Waals surface area (Å²) in [6.45, 7) is 7.28. The van der Waals surface area contributed by atoms with E-state index in [1.807, 2.05) is 53.8 Å². The lowest BCUT2D eigenvalue weighted by molar-refractivity contribution is 0.0765. The van der Waals surface area contributed by atoms with Gasteiger partial charge in [0.05, 0.1) is 22.6 Å². The Balaban J connectivity index is 1.94. The third-order valence-electron chi connectivity index (χ3n) is 4.13. The molecule has 0 spiro atoms.